The van der Waals surface area contributed by atoms with Gasteiger partial charge in [-0.1, -0.05) is 6.92 Å². The highest BCUT2D eigenvalue weighted by Gasteiger charge is 2.15. The number of nitrogens with two attached hydrogens (primary N) is 1. The van der Waals surface area contributed by atoms with Crippen molar-refractivity contribution in [1.29, 1.82) is 0 Å². The van der Waals surface area contributed by atoms with Crippen molar-refractivity contribution in [2.45, 2.75) is 39.7 Å². The molecule has 4 nitrogen and oxygen atoms in total. The largest absolute Gasteiger partial charge is 0.349 e. The number of carbonyl (C=O) groups excluding carboxylic acids is 1. The molecule has 0 aliphatic rings. The number of nitrogens with zero attached hydrogens (tertiary/aromatic N) is 1. The summed E-state index contributed by atoms with van der Waals surface area (Å²) in [5, 5.41) is 3.88. The maximum Gasteiger partial charge on any atom is 0.263 e. The molecule has 0 radical (unpaired) electrons. The predicted octanol–water partition coefficient (Wildman–Crippen LogP) is 1.48. The molecule has 1 atom stereocenters. The van der Waals surface area contributed by atoms with E-state index in [2.05, 4.69) is 10.3 Å². The highest BCUT2D eigenvalue weighted by molar-refractivity contribution is 7.13. The zero-order valence-electron chi connectivity index (χ0n) is 10.0. The van der Waals surface area contributed by atoms with Crippen LogP contribution < -0.4 is 11.1 Å². The molecular weight excluding hydrogens is 222 g/mol. The normalized spacial score (nSPS) is 12.5. The van der Waals surface area contributed by atoms with Gasteiger partial charge in [-0.3, -0.25) is 4.79 Å². The number of rotatable bonds is 5. The second kappa shape index (κ2) is 5.96. The third-order valence-electron chi connectivity index (χ3n) is 2.40. The van der Waals surface area contributed by atoms with Gasteiger partial charge in [-0.25, -0.2) is 4.98 Å². The Hall–Kier alpha value is -0.940. The van der Waals surface area contributed by atoms with Crippen molar-refractivity contribution in [2.75, 3.05) is 6.54 Å². The lowest BCUT2D eigenvalue weighted by Gasteiger charge is -2.09. The Morgan fingerprint density at radius 2 is 2.31 bits per heavy atom. The molecule has 0 saturated heterocycles. The van der Waals surface area contributed by atoms with Crippen molar-refractivity contribution in [3.63, 3.8) is 0 Å². The minimum atomic E-state index is -0.0207. The van der Waals surface area contributed by atoms with Gasteiger partial charge in [-0.15, -0.1) is 11.3 Å². The van der Waals surface area contributed by atoms with E-state index in [0.29, 0.717) is 11.4 Å². The Balaban J connectivity index is 2.75. The molecule has 0 saturated carbocycles. The first kappa shape index (κ1) is 13.1. The molecule has 0 aliphatic carbocycles. The number of hydrogen-bond acceptors (Lipinski definition) is 4. The minimum absolute atomic E-state index is 0.0207. The van der Waals surface area contributed by atoms with Crippen molar-refractivity contribution in [1.82, 2.24) is 10.3 Å². The number of amides is 1. The third-order valence-corrected chi connectivity index (χ3v) is 3.61. The van der Waals surface area contributed by atoms with Crippen LogP contribution in [0.25, 0.3) is 0 Å². The van der Waals surface area contributed by atoms with Crippen LogP contribution in [-0.4, -0.2) is 23.5 Å². The van der Waals surface area contributed by atoms with Crippen LogP contribution in [0.1, 0.15) is 40.6 Å². The molecule has 1 aromatic rings. The van der Waals surface area contributed by atoms with E-state index >= 15 is 0 Å². The second-order valence-electron chi connectivity index (χ2n) is 3.84. The van der Waals surface area contributed by atoms with E-state index in [1.165, 1.54) is 11.3 Å². The van der Waals surface area contributed by atoms with E-state index < -0.39 is 0 Å². The number of carbonyl (C=O) groups is 1. The number of hydrogen-bond donors (Lipinski definition) is 2. The fourth-order valence-corrected chi connectivity index (χ4v) is 2.27. The topological polar surface area (TPSA) is 68.0 Å². The third kappa shape index (κ3) is 3.28. The summed E-state index contributed by atoms with van der Waals surface area (Å²) < 4.78 is 0. The van der Waals surface area contributed by atoms with Crippen LogP contribution >= 0.6 is 11.3 Å². The number of nitrogens with one attached hydrogen (secondary N) is 1. The summed E-state index contributed by atoms with van der Waals surface area (Å²) in [7, 11) is 0. The van der Waals surface area contributed by atoms with Crippen LogP contribution in [0.15, 0.2) is 0 Å². The van der Waals surface area contributed by atoms with E-state index in [0.717, 1.165) is 23.5 Å². The SMILES string of the molecule is CCC(C)NC(=O)c1sc(CCN)nc1C. The van der Waals surface area contributed by atoms with E-state index in [9.17, 15) is 4.79 Å². The quantitative estimate of drug-likeness (QED) is 0.820. The highest BCUT2D eigenvalue weighted by atomic mass is 32.1. The predicted molar refractivity (Wildman–Crippen MR) is 66.8 cm³/mol. The van der Waals surface area contributed by atoms with Crippen LogP contribution in [0.5, 0.6) is 0 Å². The Labute approximate surface area is 100 Å². The van der Waals surface area contributed by atoms with Crippen molar-refractivity contribution in [3.8, 4) is 0 Å². The van der Waals surface area contributed by atoms with Gasteiger partial charge in [0.15, 0.2) is 0 Å². The average molecular weight is 241 g/mol. The minimum Gasteiger partial charge on any atom is -0.349 e. The standard InChI is InChI=1S/C11H19N3OS/c1-4-7(2)13-11(15)10-8(3)14-9(16-10)5-6-12/h7H,4-6,12H2,1-3H3,(H,13,15). The highest BCUT2D eigenvalue weighted by Crippen LogP contribution is 2.18. The Bertz CT molecular complexity index is 362. The summed E-state index contributed by atoms with van der Waals surface area (Å²) in [6.45, 7) is 6.47. The molecule has 90 valence electrons. The maximum absolute atomic E-state index is 11.9. The van der Waals surface area contributed by atoms with E-state index in [1.54, 1.807) is 0 Å². The molecular formula is C11H19N3OS. The lowest BCUT2D eigenvalue weighted by atomic mass is 10.2. The number of aryl methyl sites for hydroxylation is 1. The van der Waals surface area contributed by atoms with E-state index in [1.807, 2.05) is 20.8 Å². The molecule has 0 aliphatic heterocycles. The summed E-state index contributed by atoms with van der Waals surface area (Å²) in [6, 6.07) is 0.201. The number of aromatic nitrogens is 1. The second-order valence-corrected chi connectivity index (χ2v) is 4.93. The van der Waals surface area contributed by atoms with E-state index in [-0.39, 0.29) is 11.9 Å². The maximum atomic E-state index is 11.9. The molecule has 1 rings (SSSR count). The first-order chi connectivity index (χ1) is 7.58. The monoisotopic (exact) mass is 241 g/mol. The van der Waals surface area contributed by atoms with Crippen LogP contribution in [-0.2, 0) is 6.42 Å². The summed E-state index contributed by atoms with van der Waals surface area (Å²) in [5.41, 5.74) is 6.26. The van der Waals surface area contributed by atoms with Crippen LogP contribution in [0.3, 0.4) is 0 Å². The van der Waals surface area contributed by atoms with Crippen molar-refractivity contribution in [3.05, 3.63) is 15.6 Å². The Kier molecular flexibility index (Phi) is 4.89. The summed E-state index contributed by atoms with van der Waals surface area (Å²) >= 11 is 1.44. The lowest BCUT2D eigenvalue weighted by molar-refractivity contribution is 0.0942. The van der Waals surface area contributed by atoms with Crippen molar-refractivity contribution >= 4 is 17.2 Å². The molecule has 0 spiro atoms. The van der Waals surface area contributed by atoms with E-state index in [4.69, 9.17) is 5.73 Å². The van der Waals surface area contributed by atoms with Crippen LogP contribution in [0.4, 0.5) is 0 Å². The van der Waals surface area contributed by atoms with Gasteiger partial charge in [0.05, 0.1) is 10.7 Å². The first-order valence-corrected chi connectivity index (χ1v) is 6.37. The molecule has 0 bridgehead atoms. The molecule has 1 aromatic heterocycles. The van der Waals surface area contributed by atoms with Gasteiger partial charge in [0.2, 0.25) is 0 Å². The molecule has 0 fully saturated rings. The van der Waals surface area contributed by atoms with Gasteiger partial charge < -0.3 is 11.1 Å². The summed E-state index contributed by atoms with van der Waals surface area (Å²) in [4.78, 5) is 16.9. The smallest absolute Gasteiger partial charge is 0.263 e. The van der Waals surface area contributed by atoms with Crippen molar-refractivity contribution < 1.29 is 4.79 Å². The fraction of sp³-hybridized carbons (Fsp3) is 0.636. The molecule has 16 heavy (non-hydrogen) atoms. The molecule has 1 heterocycles. The van der Waals surface area contributed by atoms with Crippen LogP contribution in [0, 0.1) is 6.92 Å². The van der Waals surface area contributed by atoms with Crippen LogP contribution in [0.2, 0.25) is 0 Å². The molecule has 1 amide bonds. The van der Waals surface area contributed by atoms with Gasteiger partial charge in [-0.05, 0) is 26.8 Å². The number of thiazole rings is 1. The molecule has 5 heteroatoms. The first-order valence-electron chi connectivity index (χ1n) is 5.55. The van der Waals surface area contributed by atoms with Crippen molar-refractivity contribution in [2.24, 2.45) is 5.73 Å². The Morgan fingerprint density at radius 1 is 1.62 bits per heavy atom. The molecule has 3 N–H and O–H groups in total. The lowest BCUT2D eigenvalue weighted by Crippen LogP contribution is -2.31. The molecule has 1 unspecified atom stereocenters. The zero-order chi connectivity index (χ0) is 12.1. The zero-order valence-corrected chi connectivity index (χ0v) is 10.9. The molecule has 0 aromatic carbocycles. The van der Waals surface area contributed by atoms with Gasteiger partial charge in [0.1, 0.15) is 4.88 Å². The average Bonchev–Trinajstić information content (AvgIpc) is 2.60. The van der Waals surface area contributed by atoms with Gasteiger partial charge in [-0.2, -0.15) is 0 Å². The summed E-state index contributed by atoms with van der Waals surface area (Å²) in [5.74, 6) is -0.0207. The Morgan fingerprint density at radius 3 is 2.88 bits per heavy atom. The fourth-order valence-electron chi connectivity index (χ4n) is 1.28. The summed E-state index contributed by atoms with van der Waals surface area (Å²) in [6.07, 6.45) is 1.67. The van der Waals surface area contributed by atoms with Gasteiger partial charge in [0, 0.05) is 12.5 Å². The van der Waals surface area contributed by atoms with Gasteiger partial charge >= 0.3 is 0 Å². The van der Waals surface area contributed by atoms with Gasteiger partial charge in [0.25, 0.3) is 5.91 Å².